The number of piperidine rings is 1. The molecule has 2 saturated heterocycles. The normalized spacial score (nSPS) is 26.3. The number of hydrogen-bond donors (Lipinski definition) is 0. The molecule has 25 heavy (non-hydrogen) atoms. The van der Waals surface area contributed by atoms with E-state index in [1.807, 2.05) is 18.2 Å². The van der Waals surface area contributed by atoms with E-state index in [1.165, 1.54) is 32.2 Å². The molecule has 1 saturated carbocycles. The van der Waals surface area contributed by atoms with Gasteiger partial charge in [0.2, 0.25) is 0 Å². The lowest BCUT2D eigenvalue weighted by Gasteiger charge is -2.59. The first kappa shape index (κ1) is 17.0. The van der Waals surface area contributed by atoms with Gasteiger partial charge in [0, 0.05) is 38.4 Å². The van der Waals surface area contributed by atoms with Crippen molar-refractivity contribution in [1.82, 2.24) is 9.80 Å². The standard InChI is InChI=1S/C21H29N3O/c1-23-9-8-18(14-25-13-17-6-7-17)10-21(23)15-24(16-21)12-20-5-3-2-4-19(20)11-22/h2-5,17-18H,6-10,12-16H2,1H3/t18-/m0/s1. The van der Waals surface area contributed by atoms with Crippen molar-refractivity contribution in [2.24, 2.45) is 11.8 Å². The molecule has 0 N–H and O–H groups in total. The highest BCUT2D eigenvalue weighted by molar-refractivity contribution is 5.37. The Morgan fingerprint density at radius 1 is 1.16 bits per heavy atom. The number of ether oxygens (including phenoxy) is 1. The van der Waals surface area contributed by atoms with Crippen molar-refractivity contribution in [3.8, 4) is 6.07 Å². The summed E-state index contributed by atoms with van der Waals surface area (Å²) in [5.74, 6) is 1.57. The van der Waals surface area contributed by atoms with E-state index in [2.05, 4.69) is 29.0 Å². The number of likely N-dealkylation sites (tertiary alicyclic amines) is 2. The van der Waals surface area contributed by atoms with Gasteiger partial charge in [-0.15, -0.1) is 0 Å². The molecule has 2 aliphatic heterocycles. The van der Waals surface area contributed by atoms with Gasteiger partial charge < -0.3 is 4.74 Å². The Morgan fingerprint density at radius 2 is 1.92 bits per heavy atom. The van der Waals surface area contributed by atoms with Gasteiger partial charge in [0.05, 0.1) is 11.6 Å². The van der Waals surface area contributed by atoms with Gasteiger partial charge >= 0.3 is 0 Å². The number of likely N-dealkylation sites (N-methyl/N-ethyl adjacent to an activating group) is 1. The fraction of sp³-hybridized carbons (Fsp3) is 0.667. The van der Waals surface area contributed by atoms with E-state index in [-0.39, 0.29) is 0 Å². The summed E-state index contributed by atoms with van der Waals surface area (Å²) in [4.78, 5) is 5.05. The number of hydrogen-bond acceptors (Lipinski definition) is 4. The van der Waals surface area contributed by atoms with Crippen LogP contribution in [0.5, 0.6) is 0 Å². The predicted octanol–water partition coefficient (Wildman–Crippen LogP) is 2.88. The number of benzene rings is 1. The quantitative estimate of drug-likeness (QED) is 0.799. The van der Waals surface area contributed by atoms with Crippen molar-refractivity contribution < 1.29 is 4.74 Å². The average Bonchev–Trinajstić information content (AvgIpc) is 3.41. The molecular weight excluding hydrogens is 310 g/mol. The second-order valence-corrected chi connectivity index (χ2v) is 8.40. The number of rotatable bonds is 6. The molecule has 134 valence electrons. The molecule has 4 heteroatoms. The Bertz CT molecular complexity index is 643. The summed E-state index contributed by atoms with van der Waals surface area (Å²) in [7, 11) is 2.28. The van der Waals surface area contributed by atoms with Gasteiger partial charge in [-0.25, -0.2) is 0 Å². The minimum absolute atomic E-state index is 0.327. The zero-order chi connectivity index (χ0) is 17.3. The minimum Gasteiger partial charge on any atom is -0.381 e. The highest BCUT2D eigenvalue weighted by Crippen LogP contribution is 2.39. The third-order valence-corrected chi connectivity index (χ3v) is 6.32. The summed E-state index contributed by atoms with van der Waals surface area (Å²) in [6.07, 6.45) is 5.26. The zero-order valence-corrected chi connectivity index (χ0v) is 15.3. The summed E-state index contributed by atoms with van der Waals surface area (Å²) in [6, 6.07) is 10.3. The first-order valence-electron chi connectivity index (χ1n) is 9.68. The summed E-state index contributed by atoms with van der Waals surface area (Å²) in [5.41, 5.74) is 2.29. The zero-order valence-electron chi connectivity index (χ0n) is 15.3. The third-order valence-electron chi connectivity index (χ3n) is 6.32. The van der Waals surface area contributed by atoms with Crippen molar-refractivity contribution in [1.29, 1.82) is 5.26 Å². The van der Waals surface area contributed by atoms with Gasteiger partial charge in [0.1, 0.15) is 0 Å². The molecule has 1 aliphatic carbocycles. The van der Waals surface area contributed by atoms with E-state index in [0.717, 1.165) is 49.9 Å². The highest BCUT2D eigenvalue weighted by atomic mass is 16.5. The van der Waals surface area contributed by atoms with Crippen LogP contribution in [-0.4, -0.2) is 55.2 Å². The number of nitrogens with zero attached hydrogens (tertiary/aromatic N) is 3. The second-order valence-electron chi connectivity index (χ2n) is 8.40. The molecule has 0 aromatic heterocycles. The van der Waals surface area contributed by atoms with Crippen LogP contribution >= 0.6 is 0 Å². The lowest BCUT2D eigenvalue weighted by molar-refractivity contribution is -0.0930. The van der Waals surface area contributed by atoms with Gasteiger partial charge in [-0.3, -0.25) is 9.80 Å². The van der Waals surface area contributed by atoms with Crippen LogP contribution in [0.15, 0.2) is 24.3 Å². The largest absolute Gasteiger partial charge is 0.381 e. The molecule has 4 nitrogen and oxygen atoms in total. The summed E-state index contributed by atoms with van der Waals surface area (Å²) in [5, 5.41) is 9.28. The summed E-state index contributed by atoms with van der Waals surface area (Å²) >= 11 is 0. The first-order valence-corrected chi connectivity index (χ1v) is 9.68. The van der Waals surface area contributed by atoms with Crippen LogP contribution in [0.4, 0.5) is 0 Å². The summed E-state index contributed by atoms with van der Waals surface area (Å²) < 4.78 is 5.98. The summed E-state index contributed by atoms with van der Waals surface area (Å²) in [6.45, 7) is 6.23. The lowest BCUT2D eigenvalue weighted by Crippen LogP contribution is -2.71. The van der Waals surface area contributed by atoms with Gasteiger partial charge in [-0.2, -0.15) is 5.26 Å². The molecule has 3 aliphatic rings. The van der Waals surface area contributed by atoms with Crippen molar-refractivity contribution in [2.45, 2.75) is 37.8 Å². The fourth-order valence-corrected chi connectivity index (χ4v) is 4.51. The molecule has 1 aromatic rings. The smallest absolute Gasteiger partial charge is 0.0995 e. The van der Waals surface area contributed by atoms with Crippen LogP contribution in [0.3, 0.4) is 0 Å². The SMILES string of the molecule is CN1CC[C@H](COCC2CC2)CC12CN(Cc1ccccc1C#N)C2. The molecule has 0 unspecified atom stereocenters. The second kappa shape index (κ2) is 7.07. The molecule has 1 aromatic carbocycles. The van der Waals surface area contributed by atoms with E-state index in [1.54, 1.807) is 0 Å². The van der Waals surface area contributed by atoms with Crippen LogP contribution in [0.2, 0.25) is 0 Å². The maximum Gasteiger partial charge on any atom is 0.0995 e. The molecule has 3 fully saturated rings. The van der Waals surface area contributed by atoms with Crippen LogP contribution in [0, 0.1) is 23.2 Å². The molecule has 4 rings (SSSR count). The van der Waals surface area contributed by atoms with Gasteiger partial charge in [0.25, 0.3) is 0 Å². The Kier molecular flexibility index (Phi) is 4.82. The van der Waals surface area contributed by atoms with Crippen molar-refractivity contribution in [2.75, 3.05) is 39.9 Å². The molecule has 0 radical (unpaired) electrons. The van der Waals surface area contributed by atoms with E-state index in [0.29, 0.717) is 11.5 Å². The Morgan fingerprint density at radius 3 is 2.68 bits per heavy atom. The van der Waals surface area contributed by atoms with Crippen molar-refractivity contribution in [3.05, 3.63) is 35.4 Å². The van der Waals surface area contributed by atoms with Gasteiger partial charge in [-0.05, 0) is 62.7 Å². The van der Waals surface area contributed by atoms with Gasteiger partial charge in [-0.1, -0.05) is 18.2 Å². The Labute approximate surface area is 151 Å². The Hall–Kier alpha value is -1.41. The molecule has 2 heterocycles. The van der Waals surface area contributed by atoms with Crippen LogP contribution in [-0.2, 0) is 11.3 Å². The fourth-order valence-electron chi connectivity index (χ4n) is 4.51. The van der Waals surface area contributed by atoms with Crippen molar-refractivity contribution >= 4 is 0 Å². The average molecular weight is 339 g/mol. The van der Waals surface area contributed by atoms with Crippen molar-refractivity contribution in [3.63, 3.8) is 0 Å². The van der Waals surface area contributed by atoms with Crippen LogP contribution in [0.25, 0.3) is 0 Å². The minimum atomic E-state index is 0.327. The van der Waals surface area contributed by atoms with E-state index in [4.69, 9.17) is 4.74 Å². The molecular formula is C21H29N3O. The van der Waals surface area contributed by atoms with E-state index >= 15 is 0 Å². The topological polar surface area (TPSA) is 39.5 Å². The predicted molar refractivity (Wildman–Crippen MR) is 98.1 cm³/mol. The maximum absolute atomic E-state index is 9.28. The molecule has 0 bridgehead atoms. The highest BCUT2D eigenvalue weighted by Gasteiger charge is 2.49. The molecule has 1 spiro atoms. The maximum atomic E-state index is 9.28. The monoisotopic (exact) mass is 339 g/mol. The lowest BCUT2D eigenvalue weighted by atomic mass is 9.75. The molecule has 0 amide bonds. The van der Waals surface area contributed by atoms with Crippen LogP contribution in [0.1, 0.15) is 36.8 Å². The molecule has 1 atom stereocenters. The van der Waals surface area contributed by atoms with E-state index < -0.39 is 0 Å². The number of nitriles is 1. The van der Waals surface area contributed by atoms with E-state index in [9.17, 15) is 5.26 Å². The first-order chi connectivity index (χ1) is 12.2. The Balaban J connectivity index is 1.30. The third kappa shape index (κ3) is 3.74. The van der Waals surface area contributed by atoms with Gasteiger partial charge in [0.15, 0.2) is 0 Å². The van der Waals surface area contributed by atoms with Crippen LogP contribution < -0.4 is 0 Å².